The number of fused-ring (bicyclic) bond motifs is 2. The van der Waals surface area contributed by atoms with Crippen molar-refractivity contribution in [3.63, 3.8) is 0 Å². The Bertz CT molecular complexity index is 2600. The number of unbranched alkanes of at least 4 members (excludes halogenated alkanes) is 5. The van der Waals surface area contributed by atoms with E-state index in [2.05, 4.69) is 33.0 Å². The average Bonchev–Trinajstić information content (AvgIpc) is 3.94. The molecule has 0 aliphatic rings. The molecular weight excluding hydrogens is 771 g/mol. The van der Waals surface area contributed by atoms with Crippen LogP contribution in [0.5, 0.6) is 17.2 Å². The van der Waals surface area contributed by atoms with Gasteiger partial charge in [-0.2, -0.15) is 14.4 Å². The molecule has 0 bridgehead atoms. The molecule has 7 aromatic rings. The summed E-state index contributed by atoms with van der Waals surface area (Å²) in [4.78, 5) is 31.3. The molecule has 3 heterocycles. The van der Waals surface area contributed by atoms with E-state index in [1.807, 2.05) is 49.4 Å². The Morgan fingerprint density at radius 1 is 0.932 bits per heavy atom. The summed E-state index contributed by atoms with van der Waals surface area (Å²) in [5.74, 6) is 2.00. The van der Waals surface area contributed by atoms with E-state index >= 15 is 0 Å². The molecule has 3 aromatic heterocycles. The number of para-hydroxylation sites is 1. The average molecular weight is 816 g/mol. The molecule has 0 aliphatic heterocycles. The minimum absolute atomic E-state index is 0.0972. The number of carbonyl (C=O) groups excluding carboxylic acids is 1. The zero-order chi connectivity index (χ0) is 41.1. The van der Waals surface area contributed by atoms with Crippen molar-refractivity contribution < 1.29 is 27.7 Å². The number of H-pyrrole nitrogens is 1. The van der Waals surface area contributed by atoms with Crippen molar-refractivity contribution in [2.24, 2.45) is 0 Å². The van der Waals surface area contributed by atoms with Gasteiger partial charge < -0.3 is 18.7 Å². The molecule has 304 valence electrons. The summed E-state index contributed by atoms with van der Waals surface area (Å²) >= 11 is -1.93. The Kier molecular flexibility index (Phi) is 13.2. The molecule has 2 N–H and O–H groups in total. The van der Waals surface area contributed by atoms with Crippen LogP contribution in [-0.4, -0.2) is 58.4 Å². The predicted molar refractivity (Wildman–Crippen MR) is 224 cm³/mol. The van der Waals surface area contributed by atoms with Gasteiger partial charge in [-0.1, -0.05) is 86.3 Å². The third kappa shape index (κ3) is 10.2. The van der Waals surface area contributed by atoms with Gasteiger partial charge in [0.15, 0.2) is 28.7 Å². The van der Waals surface area contributed by atoms with E-state index < -0.39 is 17.3 Å². The van der Waals surface area contributed by atoms with Gasteiger partial charge >= 0.3 is 17.3 Å². The van der Waals surface area contributed by atoms with Crippen LogP contribution in [0.3, 0.4) is 0 Å². The maximum atomic E-state index is 13.4. The Morgan fingerprint density at radius 2 is 1.75 bits per heavy atom. The molecule has 4 aromatic carbocycles. The van der Waals surface area contributed by atoms with Gasteiger partial charge in [0.1, 0.15) is 29.3 Å². The minimum Gasteiger partial charge on any atom is -0.490 e. The van der Waals surface area contributed by atoms with Crippen LogP contribution in [0.2, 0.25) is 0 Å². The highest BCUT2D eigenvalue weighted by Crippen LogP contribution is 2.30. The number of ether oxygens (including phenoxy) is 1. The highest BCUT2D eigenvalue weighted by atomic mass is 32.2. The molecule has 16 heteroatoms. The van der Waals surface area contributed by atoms with E-state index in [1.54, 1.807) is 66.3 Å². The molecule has 1 atom stereocenters. The molecule has 1 unspecified atom stereocenters. The Labute approximate surface area is 344 Å². The van der Waals surface area contributed by atoms with E-state index in [4.69, 9.17) is 23.7 Å². The Balaban J connectivity index is 0.966. The van der Waals surface area contributed by atoms with Gasteiger partial charge in [-0.3, -0.25) is 9.82 Å². The molecule has 0 aliphatic carbocycles. The van der Waals surface area contributed by atoms with Gasteiger partial charge in [0, 0.05) is 24.4 Å². The quantitative estimate of drug-likeness (QED) is 0.0457. The number of hydrogen-bond acceptors (Lipinski definition) is 10. The maximum Gasteiger partial charge on any atom is 0.362 e. The first-order valence-electron chi connectivity index (χ1n) is 19.4. The third-order valence-electron chi connectivity index (χ3n) is 9.44. The first kappa shape index (κ1) is 40.5. The zero-order valence-electron chi connectivity index (χ0n) is 33.1. The molecule has 0 spiro atoms. The van der Waals surface area contributed by atoms with E-state index in [9.17, 15) is 14.3 Å². The summed E-state index contributed by atoms with van der Waals surface area (Å²) in [5.41, 5.74) is 5.30. The van der Waals surface area contributed by atoms with Crippen molar-refractivity contribution in [3.8, 4) is 34.7 Å². The molecule has 15 nitrogen and oxygen atoms in total. The summed E-state index contributed by atoms with van der Waals surface area (Å²) in [7, 11) is 1.61. The van der Waals surface area contributed by atoms with Gasteiger partial charge in [0.05, 0.1) is 18.8 Å². The summed E-state index contributed by atoms with van der Waals surface area (Å²) in [6.07, 6.45) is 8.65. The number of benzene rings is 4. The smallest absolute Gasteiger partial charge is 0.362 e. The number of rotatable bonds is 19. The summed E-state index contributed by atoms with van der Waals surface area (Å²) in [6, 6.07) is 29.0. The summed E-state index contributed by atoms with van der Waals surface area (Å²) < 4.78 is 29.5. The highest BCUT2D eigenvalue weighted by Gasteiger charge is 2.21. The van der Waals surface area contributed by atoms with Gasteiger partial charge in [-0.15, -0.1) is 10.2 Å². The molecule has 1 amide bonds. The number of aryl methyl sites for hydroxylation is 1. The molecule has 59 heavy (non-hydrogen) atoms. The molecule has 0 saturated heterocycles. The van der Waals surface area contributed by atoms with Gasteiger partial charge in [0.2, 0.25) is 0 Å². The van der Waals surface area contributed by atoms with Crippen LogP contribution in [0, 0.1) is 18.3 Å². The summed E-state index contributed by atoms with van der Waals surface area (Å²) in [6.45, 7) is 4.96. The SMILES string of the molecule is CCCCCCCCOc1ccc(C)cc1OS(=O)Nc1cccc(-c2nc3c(C#N)c(CN(C)C(=O)n4nc5ccc(COOc6ccccc6)cc5n4)cn3[nH]2)c1. The van der Waals surface area contributed by atoms with Crippen LogP contribution in [0.15, 0.2) is 97.2 Å². The van der Waals surface area contributed by atoms with Gasteiger partial charge in [-0.05, 0) is 73.0 Å². The number of nitriles is 1. The largest absolute Gasteiger partial charge is 0.490 e. The van der Waals surface area contributed by atoms with Crippen molar-refractivity contribution in [1.82, 2.24) is 34.5 Å². The number of aromatic nitrogens is 6. The Morgan fingerprint density at radius 3 is 2.58 bits per heavy atom. The van der Waals surface area contributed by atoms with Crippen LogP contribution in [-0.2, 0) is 29.3 Å². The molecule has 0 radical (unpaired) electrons. The van der Waals surface area contributed by atoms with Crippen molar-refractivity contribution in [1.29, 1.82) is 5.26 Å². The van der Waals surface area contributed by atoms with Crippen LogP contribution >= 0.6 is 0 Å². The number of anilines is 1. The standard InChI is InChI=1S/C43H45N9O6S/c1-4-5-6-7-8-12-22-55-39-21-18-30(2)23-40(39)58-59(54)49-34-15-13-14-32(25-34)41-45-42-36(26-44)33(28-51(42)48-41)27-50(3)43(53)52-46-37-20-19-31(24-38(37)47-52)29-56-57-35-16-10-9-11-17-35/h9-11,13-21,23-25,28,49H,4-8,12,22,27,29H2,1-3H3,(H,45,48). The van der Waals surface area contributed by atoms with E-state index in [0.29, 0.717) is 68.7 Å². The molecule has 0 saturated carbocycles. The fraction of sp³-hybridized carbons (Fsp3) is 0.279. The van der Waals surface area contributed by atoms with Crippen molar-refractivity contribution in [2.75, 3.05) is 18.4 Å². The first-order chi connectivity index (χ1) is 28.8. The van der Waals surface area contributed by atoms with E-state index in [-0.39, 0.29) is 13.2 Å². The monoisotopic (exact) mass is 815 g/mol. The number of nitrogens with one attached hydrogen (secondary N) is 2. The number of hydrogen-bond donors (Lipinski definition) is 2. The number of aromatic amines is 1. The second kappa shape index (κ2) is 19.2. The minimum atomic E-state index is -1.93. The van der Waals surface area contributed by atoms with Crippen LogP contribution in [0.4, 0.5) is 10.5 Å². The van der Waals surface area contributed by atoms with Gasteiger partial charge in [0.25, 0.3) is 0 Å². The number of amides is 1. The zero-order valence-corrected chi connectivity index (χ0v) is 33.9. The lowest BCUT2D eigenvalue weighted by molar-refractivity contribution is -0.217. The number of nitrogens with zero attached hydrogens (tertiary/aromatic N) is 7. The topological polar surface area (TPSA) is 174 Å². The molecular formula is C43H45N9O6S. The second-order valence-corrected chi connectivity index (χ2v) is 14.9. The maximum absolute atomic E-state index is 13.4. The lowest BCUT2D eigenvalue weighted by Gasteiger charge is -2.15. The normalized spacial score (nSPS) is 11.7. The van der Waals surface area contributed by atoms with Crippen molar-refractivity contribution in [2.45, 2.75) is 65.5 Å². The third-order valence-corrected chi connectivity index (χ3v) is 10.2. The van der Waals surface area contributed by atoms with Crippen molar-refractivity contribution >= 4 is 39.7 Å². The lowest BCUT2D eigenvalue weighted by Crippen LogP contribution is -2.32. The predicted octanol–water partition coefficient (Wildman–Crippen LogP) is 8.67. The van der Waals surface area contributed by atoms with Crippen molar-refractivity contribution in [3.05, 3.63) is 119 Å². The fourth-order valence-electron chi connectivity index (χ4n) is 6.40. The number of carbonyl (C=O) groups is 1. The van der Waals surface area contributed by atoms with Crippen LogP contribution in [0.25, 0.3) is 28.1 Å². The highest BCUT2D eigenvalue weighted by molar-refractivity contribution is 7.82. The fourth-order valence-corrected chi connectivity index (χ4v) is 7.06. The lowest BCUT2D eigenvalue weighted by atomic mass is 10.1. The molecule has 7 rings (SSSR count). The second-order valence-electron chi connectivity index (χ2n) is 14.1. The van der Waals surface area contributed by atoms with E-state index in [1.165, 1.54) is 30.6 Å². The van der Waals surface area contributed by atoms with Gasteiger partial charge in [-0.25, -0.2) is 14.3 Å². The first-order valence-corrected chi connectivity index (χ1v) is 20.5. The van der Waals surface area contributed by atoms with E-state index in [0.717, 1.165) is 28.8 Å². The summed E-state index contributed by atoms with van der Waals surface area (Å²) in [5, 5.41) is 22.1. The van der Waals surface area contributed by atoms with Crippen LogP contribution < -0.4 is 18.5 Å². The van der Waals surface area contributed by atoms with Crippen LogP contribution in [0.1, 0.15) is 67.7 Å². The molecule has 0 fully saturated rings. The Hall–Kier alpha value is -6.70.